The molecule has 0 unspecified atom stereocenters. The zero-order chi connectivity index (χ0) is 13.9. The standard InChI is InChI=1S/C10H12ClN3O3S2/c1-19(15,16)17-13-10-14(4-5-18-10)7-8-2-3-9(11)12-6-8/h2-3,6H,4-5,7H2,1H3/b13-10-. The molecule has 2 rings (SSSR count). The van der Waals surface area contributed by atoms with E-state index in [1.54, 1.807) is 12.3 Å². The van der Waals surface area contributed by atoms with Gasteiger partial charge in [-0.1, -0.05) is 29.4 Å². The highest BCUT2D eigenvalue weighted by Gasteiger charge is 2.21. The smallest absolute Gasteiger partial charge is 0.325 e. The van der Waals surface area contributed by atoms with Crippen LogP contribution in [0.25, 0.3) is 0 Å². The number of nitrogens with zero attached hydrogens (tertiary/aromatic N) is 3. The number of aromatic nitrogens is 1. The summed E-state index contributed by atoms with van der Waals surface area (Å²) in [6.07, 6.45) is 2.64. The second-order valence-corrected chi connectivity index (χ2v) is 6.92. The quantitative estimate of drug-likeness (QED) is 0.618. The van der Waals surface area contributed by atoms with E-state index in [9.17, 15) is 8.42 Å². The van der Waals surface area contributed by atoms with Crippen LogP contribution in [0.15, 0.2) is 23.5 Å². The Hall–Kier alpha value is -0.990. The number of hydrogen-bond acceptors (Lipinski definition) is 6. The summed E-state index contributed by atoms with van der Waals surface area (Å²) in [5, 5.41) is 4.66. The fraction of sp³-hybridized carbons (Fsp3) is 0.400. The Morgan fingerprint density at radius 3 is 3.00 bits per heavy atom. The molecule has 1 aromatic heterocycles. The molecule has 104 valence electrons. The normalized spacial score (nSPS) is 18.0. The minimum Gasteiger partial charge on any atom is -0.343 e. The highest BCUT2D eigenvalue weighted by atomic mass is 35.5. The van der Waals surface area contributed by atoms with Crippen molar-refractivity contribution < 1.29 is 12.7 Å². The molecule has 2 heterocycles. The van der Waals surface area contributed by atoms with Crippen LogP contribution in [-0.2, 0) is 20.9 Å². The summed E-state index contributed by atoms with van der Waals surface area (Å²) >= 11 is 7.17. The van der Waals surface area contributed by atoms with Crippen molar-refractivity contribution in [1.82, 2.24) is 9.88 Å². The van der Waals surface area contributed by atoms with Crippen LogP contribution < -0.4 is 0 Å². The summed E-state index contributed by atoms with van der Waals surface area (Å²) < 4.78 is 26.3. The van der Waals surface area contributed by atoms with Gasteiger partial charge in [-0.3, -0.25) is 4.28 Å². The zero-order valence-electron chi connectivity index (χ0n) is 10.1. The molecule has 9 heteroatoms. The zero-order valence-corrected chi connectivity index (χ0v) is 12.5. The van der Waals surface area contributed by atoms with Gasteiger partial charge in [-0.2, -0.15) is 8.42 Å². The van der Waals surface area contributed by atoms with Gasteiger partial charge in [0.25, 0.3) is 0 Å². The molecule has 6 nitrogen and oxygen atoms in total. The molecule has 0 aromatic carbocycles. The van der Waals surface area contributed by atoms with Crippen LogP contribution in [0.4, 0.5) is 0 Å². The topological polar surface area (TPSA) is 71.9 Å². The Bertz CT molecular complexity index is 574. The van der Waals surface area contributed by atoms with E-state index >= 15 is 0 Å². The molecule has 0 atom stereocenters. The monoisotopic (exact) mass is 321 g/mol. The first kappa shape index (κ1) is 14.4. The van der Waals surface area contributed by atoms with E-state index in [0.29, 0.717) is 16.9 Å². The lowest BCUT2D eigenvalue weighted by Crippen LogP contribution is -2.24. The van der Waals surface area contributed by atoms with Crippen LogP contribution >= 0.6 is 23.4 Å². The minimum absolute atomic E-state index is 0.439. The number of thioether (sulfide) groups is 1. The fourth-order valence-electron chi connectivity index (χ4n) is 1.48. The molecule has 0 spiro atoms. The van der Waals surface area contributed by atoms with Crippen LogP contribution in [-0.4, -0.2) is 42.0 Å². The number of oxime groups is 1. The summed E-state index contributed by atoms with van der Waals surface area (Å²) in [6, 6.07) is 3.58. The summed E-state index contributed by atoms with van der Waals surface area (Å²) in [7, 11) is -3.57. The van der Waals surface area contributed by atoms with Crippen molar-refractivity contribution in [3.05, 3.63) is 29.0 Å². The predicted octanol–water partition coefficient (Wildman–Crippen LogP) is 1.53. The summed E-state index contributed by atoms with van der Waals surface area (Å²) in [5.41, 5.74) is 0.971. The van der Waals surface area contributed by atoms with Gasteiger partial charge in [-0.15, -0.1) is 0 Å². The highest BCUT2D eigenvalue weighted by molar-refractivity contribution is 8.14. The van der Waals surface area contributed by atoms with Crippen molar-refractivity contribution in [2.24, 2.45) is 5.16 Å². The minimum atomic E-state index is -3.57. The lowest BCUT2D eigenvalue weighted by Gasteiger charge is -2.16. The maximum absolute atomic E-state index is 10.9. The molecule has 0 bridgehead atoms. The number of hydrogen-bond donors (Lipinski definition) is 0. The predicted molar refractivity (Wildman–Crippen MR) is 75.5 cm³/mol. The number of amidine groups is 1. The third-order valence-corrected chi connectivity index (χ3v) is 3.82. The lowest BCUT2D eigenvalue weighted by atomic mass is 10.3. The molecule has 19 heavy (non-hydrogen) atoms. The van der Waals surface area contributed by atoms with E-state index < -0.39 is 10.1 Å². The van der Waals surface area contributed by atoms with E-state index in [0.717, 1.165) is 24.1 Å². The van der Waals surface area contributed by atoms with Crippen LogP contribution in [0.3, 0.4) is 0 Å². The van der Waals surface area contributed by atoms with Crippen molar-refractivity contribution >= 4 is 38.6 Å². The largest absolute Gasteiger partial charge is 0.343 e. The van der Waals surface area contributed by atoms with Gasteiger partial charge in [0.1, 0.15) is 5.15 Å². The van der Waals surface area contributed by atoms with Crippen molar-refractivity contribution in [3.63, 3.8) is 0 Å². The first-order valence-corrected chi connectivity index (χ1v) is 8.57. The maximum Gasteiger partial charge on any atom is 0.325 e. The molecule has 0 aliphatic carbocycles. The SMILES string of the molecule is CS(=O)(=O)O/N=C1\SCCN1Cc1ccc(Cl)nc1. The molecule has 1 aliphatic rings. The Labute approximate surface area is 120 Å². The summed E-state index contributed by atoms with van der Waals surface area (Å²) in [5.74, 6) is 0.840. The van der Waals surface area contributed by atoms with Gasteiger partial charge in [0.2, 0.25) is 5.17 Å². The van der Waals surface area contributed by atoms with E-state index in [2.05, 4.69) is 14.4 Å². The number of pyridine rings is 1. The molecule has 1 fully saturated rings. The van der Waals surface area contributed by atoms with Crippen LogP contribution in [0.1, 0.15) is 5.56 Å². The first-order chi connectivity index (χ1) is 8.94. The van der Waals surface area contributed by atoms with E-state index in [-0.39, 0.29) is 0 Å². The molecule has 1 aliphatic heterocycles. The summed E-state index contributed by atoms with van der Waals surface area (Å²) in [4.78, 5) is 5.93. The Balaban J connectivity index is 2.05. The van der Waals surface area contributed by atoms with Gasteiger partial charge in [0.05, 0.1) is 6.26 Å². The number of halogens is 1. The van der Waals surface area contributed by atoms with Gasteiger partial charge in [-0.05, 0) is 16.8 Å². The Morgan fingerprint density at radius 1 is 1.58 bits per heavy atom. The molecule has 0 amide bonds. The highest BCUT2D eigenvalue weighted by Crippen LogP contribution is 2.21. The Morgan fingerprint density at radius 2 is 2.37 bits per heavy atom. The second kappa shape index (κ2) is 5.98. The molecule has 0 saturated carbocycles. The molecular formula is C10H12ClN3O3S2. The second-order valence-electron chi connectivity index (χ2n) is 3.91. The fourth-order valence-corrected chi connectivity index (χ4v) is 2.77. The third kappa shape index (κ3) is 4.55. The summed E-state index contributed by atoms with van der Waals surface area (Å²) in [6.45, 7) is 1.36. The van der Waals surface area contributed by atoms with Gasteiger partial charge in [0.15, 0.2) is 0 Å². The van der Waals surface area contributed by atoms with E-state index in [1.165, 1.54) is 11.8 Å². The van der Waals surface area contributed by atoms with E-state index in [4.69, 9.17) is 11.6 Å². The maximum atomic E-state index is 10.9. The average molecular weight is 322 g/mol. The molecule has 0 N–H and O–H groups in total. The van der Waals surface area contributed by atoms with Gasteiger partial charge in [0, 0.05) is 25.0 Å². The van der Waals surface area contributed by atoms with Gasteiger partial charge >= 0.3 is 10.1 Å². The van der Waals surface area contributed by atoms with Crippen LogP contribution in [0, 0.1) is 0 Å². The average Bonchev–Trinajstić information content (AvgIpc) is 2.76. The van der Waals surface area contributed by atoms with Crippen molar-refractivity contribution in [3.8, 4) is 0 Å². The molecule has 1 saturated heterocycles. The lowest BCUT2D eigenvalue weighted by molar-refractivity contribution is 0.330. The van der Waals surface area contributed by atoms with Crippen molar-refractivity contribution in [2.45, 2.75) is 6.54 Å². The first-order valence-electron chi connectivity index (χ1n) is 5.39. The van der Waals surface area contributed by atoms with Crippen molar-refractivity contribution in [1.29, 1.82) is 0 Å². The van der Waals surface area contributed by atoms with Gasteiger partial charge in [-0.25, -0.2) is 4.98 Å². The van der Waals surface area contributed by atoms with E-state index in [1.807, 2.05) is 11.0 Å². The molecule has 1 aromatic rings. The number of rotatable bonds is 4. The van der Waals surface area contributed by atoms with Crippen molar-refractivity contribution in [2.75, 3.05) is 18.6 Å². The van der Waals surface area contributed by atoms with Gasteiger partial charge < -0.3 is 4.90 Å². The third-order valence-electron chi connectivity index (χ3n) is 2.28. The van der Waals surface area contributed by atoms with Crippen LogP contribution in [0.2, 0.25) is 5.15 Å². The molecular weight excluding hydrogens is 310 g/mol. The van der Waals surface area contributed by atoms with Crippen LogP contribution in [0.5, 0.6) is 0 Å². The molecule has 0 radical (unpaired) electrons. The Kier molecular flexibility index (Phi) is 4.54.